The van der Waals surface area contributed by atoms with Crippen molar-refractivity contribution in [2.45, 2.75) is 26.2 Å². The van der Waals surface area contributed by atoms with E-state index in [0.29, 0.717) is 17.0 Å². The molecule has 1 saturated heterocycles. The lowest BCUT2D eigenvalue weighted by Gasteiger charge is -2.26. The number of rotatable bonds is 3. The first kappa shape index (κ1) is 15.3. The van der Waals surface area contributed by atoms with Gasteiger partial charge in [-0.2, -0.15) is 0 Å². The number of aryl methyl sites for hydroxylation is 1. The van der Waals surface area contributed by atoms with E-state index in [0.717, 1.165) is 25.9 Å². The minimum atomic E-state index is -0.298. The fourth-order valence-electron chi connectivity index (χ4n) is 2.72. The summed E-state index contributed by atoms with van der Waals surface area (Å²) in [6.45, 7) is 3.45. The second kappa shape index (κ2) is 6.69. The molecule has 2 aromatic rings. The number of hydrogen-bond donors (Lipinski definition) is 1. The molecule has 0 radical (unpaired) electrons. The molecule has 0 bridgehead atoms. The fourth-order valence-corrected chi connectivity index (χ4v) is 2.72. The van der Waals surface area contributed by atoms with E-state index < -0.39 is 0 Å². The third kappa shape index (κ3) is 3.62. The number of amides is 2. The van der Waals surface area contributed by atoms with Crippen LogP contribution in [-0.4, -0.2) is 29.8 Å². The van der Waals surface area contributed by atoms with E-state index in [2.05, 4.69) is 5.32 Å². The molecule has 1 aromatic carbocycles. The van der Waals surface area contributed by atoms with Gasteiger partial charge in [0.1, 0.15) is 5.76 Å². The predicted molar refractivity (Wildman–Crippen MR) is 87.6 cm³/mol. The topological polar surface area (TPSA) is 62.6 Å². The number of piperidine rings is 1. The Morgan fingerprint density at radius 2 is 1.70 bits per heavy atom. The van der Waals surface area contributed by atoms with E-state index in [1.165, 1.54) is 6.42 Å². The van der Waals surface area contributed by atoms with E-state index in [1.54, 1.807) is 43.3 Å². The van der Waals surface area contributed by atoms with Gasteiger partial charge in [-0.05, 0) is 62.6 Å². The molecule has 120 valence electrons. The van der Waals surface area contributed by atoms with Crippen molar-refractivity contribution >= 4 is 17.5 Å². The van der Waals surface area contributed by atoms with Gasteiger partial charge in [-0.1, -0.05) is 0 Å². The van der Waals surface area contributed by atoms with Gasteiger partial charge in [0.2, 0.25) is 0 Å². The van der Waals surface area contributed by atoms with E-state index in [1.807, 2.05) is 4.90 Å². The van der Waals surface area contributed by atoms with Crippen LogP contribution in [0.5, 0.6) is 0 Å². The highest BCUT2D eigenvalue weighted by atomic mass is 16.3. The molecular formula is C18H20N2O3. The second-order valence-corrected chi connectivity index (χ2v) is 5.79. The molecule has 1 aliphatic heterocycles. The van der Waals surface area contributed by atoms with Crippen molar-refractivity contribution in [3.63, 3.8) is 0 Å². The van der Waals surface area contributed by atoms with Crippen molar-refractivity contribution in [1.29, 1.82) is 0 Å². The summed E-state index contributed by atoms with van der Waals surface area (Å²) in [5.74, 6) is 0.728. The molecule has 0 aliphatic carbocycles. The van der Waals surface area contributed by atoms with Crippen LogP contribution in [0.25, 0.3) is 0 Å². The van der Waals surface area contributed by atoms with Crippen LogP contribution in [0.2, 0.25) is 0 Å². The van der Waals surface area contributed by atoms with Crippen LogP contribution in [-0.2, 0) is 0 Å². The lowest BCUT2D eigenvalue weighted by atomic mass is 10.1. The molecule has 0 atom stereocenters. The molecule has 1 aromatic heterocycles. The lowest BCUT2D eigenvalue weighted by molar-refractivity contribution is 0.0724. The number of carbonyl (C=O) groups is 2. The number of anilines is 1. The minimum Gasteiger partial charge on any atom is -0.456 e. The molecule has 2 heterocycles. The van der Waals surface area contributed by atoms with Gasteiger partial charge in [-0.3, -0.25) is 9.59 Å². The molecule has 0 unspecified atom stereocenters. The summed E-state index contributed by atoms with van der Waals surface area (Å²) >= 11 is 0. The number of nitrogens with one attached hydrogen (secondary N) is 1. The third-order valence-electron chi connectivity index (χ3n) is 4.00. The SMILES string of the molecule is Cc1ccc(C(=O)Nc2ccc(C(=O)N3CCCCC3)cc2)o1. The maximum Gasteiger partial charge on any atom is 0.291 e. The minimum absolute atomic E-state index is 0.0595. The Morgan fingerprint density at radius 1 is 1.00 bits per heavy atom. The summed E-state index contributed by atoms with van der Waals surface area (Å²) in [5.41, 5.74) is 1.29. The quantitative estimate of drug-likeness (QED) is 0.944. The summed E-state index contributed by atoms with van der Waals surface area (Å²) in [7, 11) is 0. The fraction of sp³-hybridized carbons (Fsp3) is 0.333. The Labute approximate surface area is 135 Å². The molecule has 1 N–H and O–H groups in total. The van der Waals surface area contributed by atoms with Crippen molar-refractivity contribution in [1.82, 2.24) is 4.90 Å². The third-order valence-corrected chi connectivity index (χ3v) is 4.00. The molecule has 0 spiro atoms. The van der Waals surface area contributed by atoms with Crippen molar-refractivity contribution in [3.8, 4) is 0 Å². The highest BCUT2D eigenvalue weighted by Crippen LogP contribution is 2.16. The van der Waals surface area contributed by atoms with Gasteiger partial charge in [-0.15, -0.1) is 0 Å². The van der Waals surface area contributed by atoms with Crippen molar-refractivity contribution in [2.75, 3.05) is 18.4 Å². The number of furan rings is 1. The van der Waals surface area contributed by atoms with Crippen LogP contribution in [0.15, 0.2) is 40.8 Å². The molecule has 1 aliphatic rings. The number of hydrogen-bond acceptors (Lipinski definition) is 3. The number of likely N-dealkylation sites (tertiary alicyclic amines) is 1. The summed E-state index contributed by atoms with van der Waals surface area (Å²) in [4.78, 5) is 26.3. The Kier molecular flexibility index (Phi) is 4.46. The van der Waals surface area contributed by atoms with Crippen molar-refractivity contribution in [3.05, 3.63) is 53.5 Å². The molecule has 1 fully saturated rings. The lowest BCUT2D eigenvalue weighted by Crippen LogP contribution is -2.35. The highest BCUT2D eigenvalue weighted by Gasteiger charge is 2.18. The monoisotopic (exact) mass is 312 g/mol. The van der Waals surface area contributed by atoms with Crippen LogP contribution in [0.1, 0.15) is 45.9 Å². The van der Waals surface area contributed by atoms with Gasteiger partial charge < -0.3 is 14.6 Å². The largest absolute Gasteiger partial charge is 0.456 e. The van der Waals surface area contributed by atoms with E-state index in [9.17, 15) is 9.59 Å². The summed E-state index contributed by atoms with van der Waals surface area (Å²) in [5, 5.41) is 2.76. The molecule has 0 saturated carbocycles. The Hall–Kier alpha value is -2.56. The first-order chi connectivity index (χ1) is 11.1. The van der Waals surface area contributed by atoms with Gasteiger partial charge in [0.15, 0.2) is 5.76 Å². The number of carbonyl (C=O) groups excluding carboxylic acids is 2. The first-order valence-electron chi connectivity index (χ1n) is 7.90. The van der Waals surface area contributed by atoms with Crippen LogP contribution < -0.4 is 5.32 Å². The average Bonchev–Trinajstić information content (AvgIpc) is 3.02. The molecular weight excluding hydrogens is 292 g/mol. The van der Waals surface area contributed by atoms with Crippen LogP contribution in [0.4, 0.5) is 5.69 Å². The number of nitrogens with zero attached hydrogens (tertiary/aromatic N) is 1. The van der Waals surface area contributed by atoms with Gasteiger partial charge in [-0.25, -0.2) is 0 Å². The van der Waals surface area contributed by atoms with Crippen LogP contribution in [0, 0.1) is 6.92 Å². The molecule has 5 heteroatoms. The van der Waals surface area contributed by atoms with Gasteiger partial charge in [0, 0.05) is 24.3 Å². The summed E-state index contributed by atoms with van der Waals surface area (Å²) in [6.07, 6.45) is 3.34. The zero-order chi connectivity index (χ0) is 16.2. The normalized spacial score (nSPS) is 14.6. The van der Waals surface area contributed by atoms with Crippen LogP contribution >= 0.6 is 0 Å². The summed E-state index contributed by atoms with van der Waals surface area (Å²) < 4.78 is 5.29. The van der Waals surface area contributed by atoms with Crippen molar-refractivity contribution in [2.24, 2.45) is 0 Å². The Morgan fingerprint density at radius 3 is 2.30 bits per heavy atom. The first-order valence-corrected chi connectivity index (χ1v) is 7.90. The standard InChI is InChI=1S/C18H20N2O3/c1-13-5-10-16(23-13)17(21)19-15-8-6-14(7-9-15)18(22)20-11-3-2-4-12-20/h5-10H,2-4,11-12H2,1H3,(H,19,21). The smallest absolute Gasteiger partial charge is 0.291 e. The van der Waals surface area contributed by atoms with Crippen LogP contribution in [0.3, 0.4) is 0 Å². The zero-order valence-corrected chi connectivity index (χ0v) is 13.2. The van der Waals surface area contributed by atoms with E-state index in [4.69, 9.17) is 4.42 Å². The summed E-state index contributed by atoms with van der Waals surface area (Å²) in [6, 6.07) is 10.4. The van der Waals surface area contributed by atoms with Crippen molar-refractivity contribution < 1.29 is 14.0 Å². The molecule has 3 rings (SSSR count). The number of benzene rings is 1. The van der Waals surface area contributed by atoms with E-state index >= 15 is 0 Å². The van der Waals surface area contributed by atoms with Gasteiger partial charge >= 0.3 is 0 Å². The van der Waals surface area contributed by atoms with Gasteiger partial charge in [0.25, 0.3) is 11.8 Å². The highest BCUT2D eigenvalue weighted by molar-refractivity contribution is 6.02. The van der Waals surface area contributed by atoms with Gasteiger partial charge in [0.05, 0.1) is 0 Å². The maximum absolute atomic E-state index is 12.4. The molecule has 5 nitrogen and oxygen atoms in total. The molecule has 2 amide bonds. The predicted octanol–water partition coefficient (Wildman–Crippen LogP) is 3.47. The zero-order valence-electron chi connectivity index (χ0n) is 13.2. The maximum atomic E-state index is 12.4. The second-order valence-electron chi connectivity index (χ2n) is 5.79. The molecule has 23 heavy (non-hydrogen) atoms. The Bertz CT molecular complexity index is 697. The average molecular weight is 312 g/mol. The Balaban J connectivity index is 1.64. The van der Waals surface area contributed by atoms with E-state index in [-0.39, 0.29) is 17.6 Å².